The van der Waals surface area contributed by atoms with Gasteiger partial charge in [0.25, 0.3) is 6.43 Å². The molecule has 0 unspecified atom stereocenters. The Bertz CT molecular complexity index is 974. The Balaban J connectivity index is 0.00000149. The Morgan fingerprint density at radius 1 is 1.36 bits per heavy atom. The molecule has 1 aliphatic heterocycles. The van der Waals surface area contributed by atoms with Crippen molar-refractivity contribution < 1.29 is 18.7 Å². The van der Waals surface area contributed by atoms with Gasteiger partial charge in [-0.2, -0.15) is 5.10 Å². The SMILES string of the molecule is CC.CNC(=O)N1CCc2c(c(N(C)c3cnc(C)c(C(F)F)c3)nn2C2CC(CO)C2)C1. The van der Waals surface area contributed by atoms with Gasteiger partial charge in [0.05, 0.1) is 24.5 Å². The number of urea groups is 1. The maximum absolute atomic E-state index is 13.4. The van der Waals surface area contributed by atoms with Gasteiger partial charge in [0.1, 0.15) is 0 Å². The summed E-state index contributed by atoms with van der Waals surface area (Å²) < 4.78 is 28.8. The van der Waals surface area contributed by atoms with Crippen molar-refractivity contribution >= 4 is 17.5 Å². The van der Waals surface area contributed by atoms with Crippen LogP contribution in [0.4, 0.5) is 25.1 Å². The predicted octanol–water partition coefficient (Wildman–Crippen LogP) is 3.96. The number of pyridine rings is 1. The molecule has 3 heterocycles. The van der Waals surface area contributed by atoms with Gasteiger partial charge in [-0.15, -0.1) is 0 Å². The van der Waals surface area contributed by atoms with Crippen molar-refractivity contribution in [1.82, 2.24) is 25.0 Å². The summed E-state index contributed by atoms with van der Waals surface area (Å²) in [5.74, 6) is 0.925. The number of aliphatic hydroxyl groups excluding tert-OH is 1. The molecule has 2 aromatic heterocycles. The Labute approximate surface area is 193 Å². The summed E-state index contributed by atoms with van der Waals surface area (Å²) in [4.78, 5) is 19.9. The van der Waals surface area contributed by atoms with E-state index in [9.17, 15) is 18.7 Å². The zero-order valence-electron chi connectivity index (χ0n) is 20.0. The average Bonchev–Trinajstić information content (AvgIpc) is 3.17. The van der Waals surface area contributed by atoms with Crippen molar-refractivity contribution in [2.45, 2.75) is 59.0 Å². The van der Waals surface area contributed by atoms with E-state index in [4.69, 9.17) is 5.10 Å². The van der Waals surface area contributed by atoms with Crippen molar-refractivity contribution in [2.75, 3.05) is 32.1 Å². The number of amides is 2. The quantitative estimate of drug-likeness (QED) is 0.700. The number of halogens is 2. The third-order valence-electron chi connectivity index (χ3n) is 6.43. The molecule has 1 fully saturated rings. The lowest BCUT2D eigenvalue weighted by molar-refractivity contribution is 0.103. The Hall–Kier alpha value is -2.75. The second-order valence-corrected chi connectivity index (χ2v) is 8.32. The van der Waals surface area contributed by atoms with Gasteiger partial charge < -0.3 is 20.2 Å². The minimum absolute atomic E-state index is 0.102. The number of aliphatic hydroxyl groups is 1. The first-order valence-corrected chi connectivity index (χ1v) is 11.5. The summed E-state index contributed by atoms with van der Waals surface area (Å²) >= 11 is 0. The van der Waals surface area contributed by atoms with Crippen molar-refractivity contribution in [3.63, 3.8) is 0 Å². The molecule has 0 aromatic carbocycles. The summed E-state index contributed by atoms with van der Waals surface area (Å²) in [6.45, 7) is 6.71. The standard InChI is InChI=1S/C21H28F2N6O2.C2H6/c1-12-16(19(22)23)8-15(9-25-12)27(3)20-17-10-28(21(31)24-2)5-4-18(17)29(26-20)14-6-13(7-14)11-30;1-2/h8-9,13-14,19,30H,4-7,10-11H2,1-3H3,(H,24,31);1-2H3. The van der Waals surface area contributed by atoms with Gasteiger partial charge in [-0.05, 0) is 31.7 Å². The largest absolute Gasteiger partial charge is 0.396 e. The van der Waals surface area contributed by atoms with E-state index in [0.717, 1.165) is 24.1 Å². The van der Waals surface area contributed by atoms with Crippen LogP contribution in [0.3, 0.4) is 0 Å². The molecule has 2 N–H and O–H groups in total. The van der Waals surface area contributed by atoms with E-state index in [-0.39, 0.29) is 30.2 Å². The highest BCUT2D eigenvalue weighted by atomic mass is 19.3. The fourth-order valence-electron chi connectivity index (χ4n) is 4.45. The number of hydrogen-bond donors (Lipinski definition) is 2. The highest BCUT2D eigenvalue weighted by Gasteiger charge is 2.36. The number of alkyl halides is 2. The topological polar surface area (TPSA) is 86.5 Å². The van der Waals surface area contributed by atoms with Gasteiger partial charge in [-0.1, -0.05) is 13.8 Å². The number of aromatic nitrogens is 3. The van der Waals surface area contributed by atoms with Crippen molar-refractivity contribution in [1.29, 1.82) is 0 Å². The van der Waals surface area contributed by atoms with E-state index in [1.807, 2.05) is 18.5 Å². The molecular weight excluding hydrogens is 430 g/mol. The molecule has 8 nitrogen and oxygen atoms in total. The lowest BCUT2D eigenvalue weighted by atomic mass is 9.81. The maximum Gasteiger partial charge on any atom is 0.317 e. The zero-order chi connectivity index (χ0) is 24.3. The average molecular weight is 465 g/mol. The number of hydrogen-bond acceptors (Lipinski definition) is 5. The minimum atomic E-state index is -2.61. The summed E-state index contributed by atoms with van der Waals surface area (Å²) in [7, 11) is 3.38. The molecule has 10 heteroatoms. The molecule has 4 rings (SSSR count). The van der Waals surface area contributed by atoms with Crippen molar-refractivity contribution in [2.24, 2.45) is 5.92 Å². The van der Waals surface area contributed by atoms with Crippen LogP contribution in [0.1, 0.15) is 61.7 Å². The van der Waals surface area contributed by atoms with E-state index in [0.29, 0.717) is 36.7 Å². The van der Waals surface area contributed by atoms with Gasteiger partial charge in [-0.3, -0.25) is 9.67 Å². The Kier molecular flexibility index (Phi) is 7.88. The second-order valence-electron chi connectivity index (χ2n) is 8.32. The molecule has 2 amide bonds. The smallest absolute Gasteiger partial charge is 0.317 e. The highest BCUT2D eigenvalue weighted by molar-refractivity contribution is 5.75. The highest BCUT2D eigenvalue weighted by Crippen LogP contribution is 2.42. The molecule has 0 atom stereocenters. The number of carbonyl (C=O) groups excluding carboxylic acids is 1. The summed E-state index contributed by atoms with van der Waals surface area (Å²) in [5.41, 5.74) is 2.71. The fraction of sp³-hybridized carbons (Fsp3) is 0.609. The van der Waals surface area contributed by atoms with E-state index in [2.05, 4.69) is 10.3 Å². The molecule has 0 radical (unpaired) electrons. The lowest BCUT2D eigenvalue weighted by Crippen LogP contribution is -2.42. The van der Waals surface area contributed by atoms with E-state index < -0.39 is 6.43 Å². The van der Waals surface area contributed by atoms with Crippen LogP contribution in [0, 0.1) is 12.8 Å². The number of carbonyl (C=O) groups is 1. The van der Waals surface area contributed by atoms with Crippen molar-refractivity contribution in [3.05, 3.63) is 34.8 Å². The Morgan fingerprint density at radius 2 is 2.06 bits per heavy atom. The fourth-order valence-corrected chi connectivity index (χ4v) is 4.45. The first kappa shape index (κ1) is 24.9. The van der Waals surface area contributed by atoms with Gasteiger partial charge in [0.2, 0.25) is 0 Å². The van der Waals surface area contributed by atoms with Gasteiger partial charge in [0.15, 0.2) is 5.82 Å². The number of anilines is 2. The summed E-state index contributed by atoms with van der Waals surface area (Å²) in [5, 5.41) is 16.9. The molecule has 0 bridgehead atoms. The first-order chi connectivity index (χ1) is 15.8. The van der Waals surface area contributed by atoms with E-state index in [1.54, 1.807) is 37.0 Å². The Morgan fingerprint density at radius 3 is 2.67 bits per heavy atom. The minimum Gasteiger partial charge on any atom is -0.396 e. The summed E-state index contributed by atoms with van der Waals surface area (Å²) in [6.07, 6.45) is 1.33. The predicted molar refractivity (Wildman–Crippen MR) is 123 cm³/mol. The molecular formula is C23H34F2N6O2. The molecule has 1 aliphatic carbocycles. The van der Waals surface area contributed by atoms with Crippen LogP contribution >= 0.6 is 0 Å². The van der Waals surface area contributed by atoms with E-state index in [1.165, 1.54) is 6.07 Å². The summed E-state index contributed by atoms with van der Waals surface area (Å²) in [6, 6.07) is 1.49. The maximum atomic E-state index is 13.4. The number of rotatable bonds is 5. The van der Waals surface area contributed by atoms with Gasteiger partial charge in [0, 0.05) is 56.2 Å². The normalized spacial score (nSPS) is 19.4. The molecule has 182 valence electrons. The molecule has 1 saturated carbocycles. The third kappa shape index (κ3) is 4.80. The van der Waals surface area contributed by atoms with Crippen LogP contribution in [-0.2, 0) is 13.0 Å². The molecule has 33 heavy (non-hydrogen) atoms. The zero-order valence-corrected chi connectivity index (χ0v) is 20.0. The van der Waals surface area contributed by atoms with Crippen LogP contribution in [0.2, 0.25) is 0 Å². The van der Waals surface area contributed by atoms with Crippen molar-refractivity contribution in [3.8, 4) is 0 Å². The molecule has 0 saturated heterocycles. The lowest BCUT2D eigenvalue weighted by Gasteiger charge is -2.36. The van der Waals surface area contributed by atoms with Gasteiger partial charge in [-0.25, -0.2) is 13.6 Å². The number of aryl methyl sites for hydroxylation is 1. The molecule has 2 aromatic rings. The first-order valence-electron chi connectivity index (χ1n) is 11.5. The van der Waals surface area contributed by atoms with Crippen LogP contribution in [0.15, 0.2) is 12.3 Å². The number of nitrogens with one attached hydrogen (secondary N) is 1. The third-order valence-corrected chi connectivity index (χ3v) is 6.43. The second kappa shape index (κ2) is 10.5. The van der Waals surface area contributed by atoms with Gasteiger partial charge >= 0.3 is 6.03 Å². The van der Waals surface area contributed by atoms with Crippen LogP contribution in [0.5, 0.6) is 0 Å². The molecule has 0 spiro atoms. The van der Waals surface area contributed by atoms with E-state index >= 15 is 0 Å². The van der Waals surface area contributed by atoms with Crippen LogP contribution in [-0.4, -0.2) is 58.0 Å². The van der Waals surface area contributed by atoms with Crippen LogP contribution in [0.25, 0.3) is 0 Å². The number of fused-ring (bicyclic) bond motifs is 1. The monoisotopic (exact) mass is 464 g/mol. The molecule has 2 aliphatic rings. The number of nitrogens with zero attached hydrogens (tertiary/aromatic N) is 5. The van der Waals surface area contributed by atoms with Crippen LogP contribution < -0.4 is 10.2 Å².